The molecule has 0 amide bonds. The lowest BCUT2D eigenvalue weighted by molar-refractivity contribution is 0.302. The molecule has 19 heavy (non-hydrogen) atoms. The average molecular weight is 325 g/mol. The summed E-state index contributed by atoms with van der Waals surface area (Å²) in [6.45, 7) is 9.32. The number of benzene rings is 1. The molecular formula is C16H25BrN2. The second-order valence-corrected chi connectivity index (χ2v) is 6.56. The molecule has 106 valence electrons. The van der Waals surface area contributed by atoms with Gasteiger partial charge >= 0.3 is 0 Å². The zero-order valence-electron chi connectivity index (χ0n) is 12.0. The molecule has 1 heterocycles. The molecule has 1 fully saturated rings. The largest absolute Gasteiger partial charge is 0.310 e. The molecule has 0 aliphatic carbocycles. The lowest BCUT2D eigenvalue weighted by Crippen LogP contribution is -2.28. The number of likely N-dealkylation sites (tertiary alicyclic amines) is 1. The average Bonchev–Trinajstić information content (AvgIpc) is 2.80. The maximum atomic E-state index is 3.61. The van der Waals surface area contributed by atoms with E-state index in [-0.39, 0.29) is 0 Å². The van der Waals surface area contributed by atoms with Gasteiger partial charge in [0.1, 0.15) is 0 Å². The molecule has 2 rings (SSSR count). The Hall–Kier alpha value is -0.380. The van der Waals surface area contributed by atoms with E-state index >= 15 is 0 Å². The van der Waals surface area contributed by atoms with Gasteiger partial charge in [0.15, 0.2) is 0 Å². The van der Waals surface area contributed by atoms with E-state index in [2.05, 4.69) is 64.3 Å². The molecule has 0 spiro atoms. The lowest BCUT2D eigenvalue weighted by Gasteiger charge is -2.22. The van der Waals surface area contributed by atoms with E-state index in [1.54, 1.807) is 0 Å². The minimum atomic E-state index is 0.471. The van der Waals surface area contributed by atoms with Crippen molar-refractivity contribution in [2.75, 3.05) is 26.2 Å². The number of halogens is 1. The quantitative estimate of drug-likeness (QED) is 0.855. The highest BCUT2D eigenvalue weighted by Gasteiger charge is 2.19. The minimum absolute atomic E-state index is 0.471. The monoisotopic (exact) mass is 324 g/mol. The SMILES string of the molecule is CCNC(CCN1CCC(C)C1)c1cccc(Br)c1. The fraction of sp³-hybridized carbons (Fsp3) is 0.625. The van der Waals surface area contributed by atoms with Crippen LogP contribution in [0.15, 0.2) is 28.7 Å². The molecule has 2 atom stereocenters. The number of nitrogens with one attached hydrogen (secondary N) is 1. The summed E-state index contributed by atoms with van der Waals surface area (Å²) in [6.07, 6.45) is 2.56. The van der Waals surface area contributed by atoms with E-state index in [1.165, 1.54) is 42.5 Å². The van der Waals surface area contributed by atoms with Gasteiger partial charge < -0.3 is 10.2 Å². The summed E-state index contributed by atoms with van der Waals surface area (Å²) in [5, 5.41) is 3.61. The van der Waals surface area contributed by atoms with E-state index in [0.717, 1.165) is 12.5 Å². The van der Waals surface area contributed by atoms with Crippen molar-refractivity contribution in [3.63, 3.8) is 0 Å². The first-order valence-corrected chi connectivity index (χ1v) is 8.19. The molecule has 0 radical (unpaired) electrons. The molecule has 1 saturated heterocycles. The molecule has 1 aromatic rings. The summed E-state index contributed by atoms with van der Waals surface area (Å²) in [5.41, 5.74) is 1.39. The van der Waals surface area contributed by atoms with Crippen LogP contribution in [0.3, 0.4) is 0 Å². The van der Waals surface area contributed by atoms with Gasteiger partial charge in [0, 0.05) is 17.1 Å². The minimum Gasteiger partial charge on any atom is -0.310 e. The van der Waals surface area contributed by atoms with Gasteiger partial charge in [-0.3, -0.25) is 0 Å². The molecule has 0 bridgehead atoms. The van der Waals surface area contributed by atoms with Crippen molar-refractivity contribution >= 4 is 15.9 Å². The molecule has 1 aliphatic heterocycles. The fourth-order valence-electron chi connectivity index (χ4n) is 2.90. The van der Waals surface area contributed by atoms with Crippen molar-refractivity contribution in [2.45, 2.75) is 32.7 Å². The van der Waals surface area contributed by atoms with Crippen molar-refractivity contribution in [1.82, 2.24) is 10.2 Å². The topological polar surface area (TPSA) is 15.3 Å². The van der Waals surface area contributed by atoms with E-state index in [4.69, 9.17) is 0 Å². The third-order valence-electron chi connectivity index (χ3n) is 3.94. The first kappa shape index (κ1) is 15.0. The predicted molar refractivity (Wildman–Crippen MR) is 85.4 cm³/mol. The zero-order chi connectivity index (χ0) is 13.7. The Kier molecular flexibility index (Phi) is 5.86. The van der Waals surface area contributed by atoms with Crippen molar-refractivity contribution in [3.05, 3.63) is 34.3 Å². The van der Waals surface area contributed by atoms with Crippen LogP contribution in [0, 0.1) is 5.92 Å². The molecule has 1 aromatic carbocycles. The highest BCUT2D eigenvalue weighted by Crippen LogP contribution is 2.23. The standard InChI is InChI=1S/C16H25BrN2/c1-3-18-16(14-5-4-6-15(17)11-14)8-10-19-9-7-13(2)12-19/h4-6,11,13,16,18H,3,7-10,12H2,1-2H3. The van der Waals surface area contributed by atoms with Gasteiger partial charge in [0.25, 0.3) is 0 Å². The smallest absolute Gasteiger partial charge is 0.0332 e. The second kappa shape index (κ2) is 7.41. The summed E-state index contributed by atoms with van der Waals surface area (Å²) in [5.74, 6) is 0.878. The maximum absolute atomic E-state index is 3.61. The third kappa shape index (κ3) is 4.59. The zero-order valence-corrected chi connectivity index (χ0v) is 13.6. The Balaban J connectivity index is 1.92. The van der Waals surface area contributed by atoms with Crippen LogP contribution in [0.1, 0.15) is 38.3 Å². The predicted octanol–water partition coefficient (Wildman–Crippen LogP) is 3.83. The normalized spacial score (nSPS) is 21.7. The Labute approximate surface area is 125 Å². The van der Waals surface area contributed by atoms with E-state index in [0.29, 0.717) is 6.04 Å². The van der Waals surface area contributed by atoms with Crippen LogP contribution in [0.25, 0.3) is 0 Å². The lowest BCUT2D eigenvalue weighted by atomic mass is 10.0. The van der Waals surface area contributed by atoms with Crippen LogP contribution in [0.4, 0.5) is 0 Å². The van der Waals surface area contributed by atoms with E-state index in [1.807, 2.05) is 0 Å². The summed E-state index contributed by atoms with van der Waals surface area (Å²) in [7, 11) is 0. The van der Waals surface area contributed by atoms with Crippen molar-refractivity contribution in [3.8, 4) is 0 Å². The summed E-state index contributed by atoms with van der Waals surface area (Å²) < 4.78 is 1.17. The molecule has 0 saturated carbocycles. The van der Waals surface area contributed by atoms with Crippen molar-refractivity contribution in [2.24, 2.45) is 5.92 Å². The van der Waals surface area contributed by atoms with E-state index in [9.17, 15) is 0 Å². The van der Waals surface area contributed by atoms with Gasteiger partial charge in [0.05, 0.1) is 0 Å². The van der Waals surface area contributed by atoms with Gasteiger partial charge in [-0.15, -0.1) is 0 Å². The summed E-state index contributed by atoms with van der Waals surface area (Å²) in [4.78, 5) is 2.60. The van der Waals surface area contributed by atoms with Gasteiger partial charge in [0.2, 0.25) is 0 Å². The van der Waals surface area contributed by atoms with Gasteiger partial charge in [-0.2, -0.15) is 0 Å². The third-order valence-corrected chi connectivity index (χ3v) is 4.44. The molecule has 1 N–H and O–H groups in total. The first-order chi connectivity index (χ1) is 9.19. The van der Waals surface area contributed by atoms with Crippen LogP contribution in [-0.4, -0.2) is 31.1 Å². The Bertz CT molecular complexity index is 394. The Morgan fingerprint density at radius 3 is 2.95 bits per heavy atom. The molecular weight excluding hydrogens is 300 g/mol. The number of hydrogen-bond donors (Lipinski definition) is 1. The molecule has 2 nitrogen and oxygen atoms in total. The van der Waals surface area contributed by atoms with Crippen LogP contribution in [0.2, 0.25) is 0 Å². The number of hydrogen-bond acceptors (Lipinski definition) is 2. The van der Waals surface area contributed by atoms with Crippen LogP contribution in [-0.2, 0) is 0 Å². The molecule has 3 heteroatoms. The van der Waals surface area contributed by atoms with Gasteiger partial charge in [-0.05, 0) is 56.1 Å². The van der Waals surface area contributed by atoms with Crippen LogP contribution in [0.5, 0.6) is 0 Å². The van der Waals surface area contributed by atoms with E-state index < -0.39 is 0 Å². The first-order valence-electron chi connectivity index (χ1n) is 7.40. The number of nitrogens with zero attached hydrogens (tertiary/aromatic N) is 1. The van der Waals surface area contributed by atoms with Gasteiger partial charge in [-0.1, -0.05) is 41.9 Å². The van der Waals surface area contributed by atoms with Crippen LogP contribution < -0.4 is 5.32 Å². The van der Waals surface area contributed by atoms with Crippen molar-refractivity contribution in [1.29, 1.82) is 0 Å². The summed E-state index contributed by atoms with van der Waals surface area (Å²) in [6, 6.07) is 9.15. The Morgan fingerprint density at radius 1 is 1.47 bits per heavy atom. The van der Waals surface area contributed by atoms with Crippen molar-refractivity contribution < 1.29 is 0 Å². The van der Waals surface area contributed by atoms with Gasteiger partial charge in [-0.25, -0.2) is 0 Å². The molecule has 2 unspecified atom stereocenters. The molecule has 1 aliphatic rings. The number of rotatable bonds is 6. The second-order valence-electron chi connectivity index (χ2n) is 5.65. The Morgan fingerprint density at radius 2 is 2.32 bits per heavy atom. The summed E-state index contributed by atoms with van der Waals surface area (Å²) >= 11 is 3.57. The highest BCUT2D eigenvalue weighted by atomic mass is 79.9. The fourth-order valence-corrected chi connectivity index (χ4v) is 3.31. The van der Waals surface area contributed by atoms with Crippen LogP contribution >= 0.6 is 15.9 Å². The maximum Gasteiger partial charge on any atom is 0.0332 e. The molecule has 0 aromatic heterocycles. The highest BCUT2D eigenvalue weighted by molar-refractivity contribution is 9.10.